The third kappa shape index (κ3) is 4.09. The standard InChI is InChI=1S/C12H23NO2/c1-2-4-12(3-1)15-8-6-13-9-11-5-7-14-10-11/h11-13H,1-10H2. The third-order valence-electron chi connectivity index (χ3n) is 3.39. The molecule has 1 atom stereocenters. The molecule has 88 valence electrons. The predicted molar refractivity (Wildman–Crippen MR) is 60.0 cm³/mol. The Hall–Kier alpha value is -0.120. The zero-order valence-corrected chi connectivity index (χ0v) is 9.54. The molecule has 3 heteroatoms. The molecule has 0 aromatic heterocycles. The Morgan fingerprint density at radius 2 is 2.07 bits per heavy atom. The molecule has 2 fully saturated rings. The summed E-state index contributed by atoms with van der Waals surface area (Å²) in [5, 5.41) is 3.45. The van der Waals surface area contributed by atoms with E-state index in [9.17, 15) is 0 Å². The van der Waals surface area contributed by atoms with Crippen LogP contribution in [0.2, 0.25) is 0 Å². The highest BCUT2D eigenvalue weighted by atomic mass is 16.5. The summed E-state index contributed by atoms with van der Waals surface area (Å²) in [7, 11) is 0. The average molecular weight is 213 g/mol. The molecule has 0 spiro atoms. The van der Waals surface area contributed by atoms with Gasteiger partial charge in [0.1, 0.15) is 0 Å². The summed E-state index contributed by atoms with van der Waals surface area (Å²) in [6.45, 7) is 4.85. The Morgan fingerprint density at radius 1 is 1.20 bits per heavy atom. The van der Waals surface area contributed by atoms with Crippen molar-refractivity contribution < 1.29 is 9.47 Å². The number of hydrogen-bond acceptors (Lipinski definition) is 3. The lowest BCUT2D eigenvalue weighted by molar-refractivity contribution is 0.0599. The van der Waals surface area contributed by atoms with E-state index < -0.39 is 0 Å². The quantitative estimate of drug-likeness (QED) is 0.679. The van der Waals surface area contributed by atoms with Gasteiger partial charge in [-0.1, -0.05) is 12.8 Å². The molecule has 1 saturated carbocycles. The van der Waals surface area contributed by atoms with Crippen molar-refractivity contribution in [3.05, 3.63) is 0 Å². The summed E-state index contributed by atoms with van der Waals surface area (Å²) in [5.41, 5.74) is 0. The van der Waals surface area contributed by atoms with E-state index in [1.54, 1.807) is 0 Å². The van der Waals surface area contributed by atoms with E-state index >= 15 is 0 Å². The van der Waals surface area contributed by atoms with Gasteiger partial charge >= 0.3 is 0 Å². The van der Waals surface area contributed by atoms with E-state index in [-0.39, 0.29) is 0 Å². The van der Waals surface area contributed by atoms with Crippen LogP contribution in [-0.4, -0.2) is 39.0 Å². The summed E-state index contributed by atoms with van der Waals surface area (Å²) in [6.07, 6.45) is 7.04. The summed E-state index contributed by atoms with van der Waals surface area (Å²) in [4.78, 5) is 0. The monoisotopic (exact) mass is 213 g/mol. The van der Waals surface area contributed by atoms with Crippen LogP contribution in [0, 0.1) is 5.92 Å². The lowest BCUT2D eigenvalue weighted by atomic mass is 10.1. The third-order valence-corrected chi connectivity index (χ3v) is 3.39. The SMILES string of the molecule is C1CCC(OCCNCC2CCOC2)C1. The minimum absolute atomic E-state index is 0.557. The average Bonchev–Trinajstić information content (AvgIpc) is 2.88. The second-order valence-corrected chi connectivity index (χ2v) is 4.71. The molecule has 15 heavy (non-hydrogen) atoms. The first kappa shape index (κ1) is 11.4. The molecular weight excluding hydrogens is 190 g/mol. The highest BCUT2D eigenvalue weighted by molar-refractivity contribution is 4.68. The normalized spacial score (nSPS) is 27.6. The van der Waals surface area contributed by atoms with Crippen molar-refractivity contribution >= 4 is 0 Å². The molecule has 0 radical (unpaired) electrons. The molecule has 0 amide bonds. The van der Waals surface area contributed by atoms with Crippen molar-refractivity contribution in [3.63, 3.8) is 0 Å². The second kappa shape index (κ2) is 6.46. The molecule has 0 bridgehead atoms. The second-order valence-electron chi connectivity index (χ2n) is 4.71. The van der Waals surface area contributed by atoms with E-state index in [2.05, 4.69) is 5.32 Å². The van der Waals surface area contributed by atoms with Crippen LogP contribution < -0.4 is 5.32 Å². The summed E-state index contributed by atoms with van der Waals surface area (Å²) >= 11 is 0. The Balaban J connectivity index is 1.41. The largest absolute Gasteiger partial charge is 0.381 e. The van der Waals surface area contributed by atoms with Crippen LogP contribution in [-0.2, 0) is 9.47 Å². The van der Waals surface area contributed by atoms with Crippen molar-refractivity contribution in [1.29, 1.82) is 0 Å². The summed E-state index contributed by atoms with van der Waals surface area (Å²) in [6, 6.07) is 0. The van der Waals surface area contributed by atoms with Crippen LogP contribution in [0.15, 0.2) is 0 Å². The molecule has 1 aliphatic heterocycles. The van der Waals surface area contributed by atoms with Crippen LogP contribution in [0.4, 0.5) is 0 Å². The number of ether oxygens (including phenoxy) is 2. The maximum absolute atomic E-state index is 5.77. The summed E-state index contributed by atoms with van der Waals surface area (Å²) < 4.78 is 11.1. The van der Waals surface area contributed by atoms with Gasteiger partial charge in [0.2, 0.25) is 0 Å². The minimum atomic E-state index is 0.557. The molecule has 0 aromatic rings. The van der Waals surface area contributed by atoms with Crippen LogP contribution in [0.1, 0.15) is 32.1 Å². The molecule has 1 saturated heterocycles. The van der Waals surface area contributed by atoms with Crippen molar-refractivity contribution in [3.8, 4) is 0 Å². The van der Waals surface area contributed by atoms with Crippen LogP contribution >= 0.6 is 0 Å². The molecule has 1 heterocycles. The maximum Gasteiger partial charge on any atom is 0.0594 e. The maximum atomic E-state index is 5.77. The zero-order valence-electron chi connectivity index (χ0n) is 9.54. The highest BCUT2D eigenvalue weighted by Crippen LogP contribution is 2.20. The van der Waals surface area contributed by atoms with E-state index in [0.717, 1.165) is 38.8 Å². The molecule has 2 aliphatic rings. The van der Waals surface area contributed by atoms with Gasteiger partial charge in [0.25, 0.3) is 0 Å². The van der Waals surface area contributed by atoms with Crippen molar-refractivity contribution in [2.45, 2.75) is 38.2 Å². The first-order valence-electron chi connectivity index (χ1n) is 6.35. The van der Waals surface area contributed by atoms with E-state index in [1.165, 1.54) is 32.1 Å². The smallest absolute Gasteiger partial charge is 0.0594 e. The van der Waals surface area contributed by atoms with E-state index in [4.69, 9.17) is 9.47 Å². The number of nitrogens with one attached hydrogen (secondary N) is 1. The number of hydrogen-bond donors (Lipinski definition) is 1. The lowest BCUT2D eigenvalue weighted by Crippen LogP contribution is -2.27. The fraction of sp³-hybridized carbons (Fsp3) is 1.00. The van der Waals surface area contributed by atoms with Gasteiger partial charge in [-0.05, 0) is 25.2 Å². The van der Waals surface area contributed by atoms with Gasteiger partial charge in [-0.2, -0.15) is 0 Å². The lowest BCUT2D eigenvalue weighted by Gasteiger charge is -2.12. The first-order chi connectivity index (χ1) is 7.45. The fourth-order valence-electron chi connectivity index (χ4n) is 2.40. The molecule has 2 rings (SSSR count). The molecule has 1 unspecified atom stereocenters. The van der Waals surface area contributed by atoms with Crippen LogP contribution in [0.25, 0.3) is 0 Å². The van der Waals surface area contributed by atoms with Gasteiger partial charge in [-0.3, -0.25) is 0 Å². The van der Waals surface area contributed by atoms with Gasteiger partial charge in [0.15, 0.2) is 0 Å². The molecule has 3 nitrogen and oxygen atoms in total. The topological polar surface area (TPSA) is 30.5 Å². The Bertz CT molecular complexity index is 145. The number of rotatable bonds is 6. The first-order valence-corrected chi connectivity index (χ1v) is 6.35. The van der Waals surface area contributed by atoms with Gasteiger partial charge in [-0.25, -0.2) is 0 Å². The van der Waals surface area contributed by atoms with Crippen molar-refractivity contribution in [2.24, 2.45) is 5.92 Å². The Kier molecular flexibility index (Phi) is 4.90. The van der Waals surface area contributed by atoms with Crippen LogP contribution in [0.5, 0.6) is 0 Å². The predicted octanol–water partition coefficient (Wildman–Crippen LogP) is 1.57. The molecule has 0 aromatic carbocycles. The molecule has 1 N–H and O–H groups in total. The van der Waals surface area contributed by atoms with Gasteiger partial charge in [0, 0.05) is 19.7 Å². The summed E-state index contributed by atoms with van der Waals surface area (Å²) in [5.74, 6) is 0.733. The van der Waals surface area contributed by atoms with E-state index in [1.807, 2.05) is 0 Å². The molecule has 1 aliphatic carbocycles. The molecular formula is C12H23NO2. The van der Waals surface area contributed by atoms with Gasteiger partial charge in [-0.15, -0.1) is 0 Å². The van der Waals surface area contributed by atoms with Crippen molar-refractivity contribution in [1.82, 2.24) is 5.32 Å². The Morgan fingerprint density at radius 3 is 2.80 bits per heavy atom. The Labute approximate surface area is 92.5 Å². The van der Waals surface area contributed by atoms with Gasteiger partial charge in [0.05, 0.1) is 19.3 Å². The zero-order chi connectivity index (χ0) is 10.3. The van der Waals surface area contributed by atoms with Gasteiger partial charge < -0.3 is 14.8 Å². The van der Waals surface area contributed by atoms with Crippen molar-refractivity contribution in [2.75, 3.05) is 32.9 Å². The minimum Gasteiger partial charge on any atom is -0.381 e. The van der Waals surface area contributed by atoms with E-state index in [0.29, 0.717) is 6.10 Å². The fourth-order valence-corrected chi connectivity index (χ4v) is 2.40. The van der Waals surface area contributed by atoms with Crippen LogP contribution in [0.3, 0.4) is 0 Å². The highest BCUT2D eigenvalue weighted by Gasteiger charge is 2.16.